The van der Waals surface area contributed by atoms with Gasteiger partial charge in [0.1, 0.15) is 5.75 Å². The standard InChI is InChI=1S/C19H19NO3/c1-13-3-6-15(7-4-13)23-12-19(22)20-10-9-18(21)16-11-14(2)5-8-17(16)20/h3-8,11H,9-10,12H2,1-2H3. The van der Waals surface area contributed by atoms with Crippen LogP contribution < -0.4 is 9.64 Å². The van der Waals surface area contributed by atoms with Gasteiger partial charge in [-0.05, 0) is 38.1 Å². The maximum Gasteiger partial charge on any atom is 0.264 e. The predicted octanol–water partition coefficient (Wildman–Crippen LogP) is 3.30. The molecule has 1 aliphatic rings. The summed E-state index contributed by atoms with van der Waals surface area (Å²) in [7, 11) is 0. The second-order valence-corrected chi connectivity index (χ2v) is 5.84. The Bertz CT molecular complexity index is 750. The van der Waals surface area contributed by atoms with Gasteiger partial charge in [0.05, 0.1) is 5.69 Å². The van der Waals surface area contributed by atoms with E-state index in [1.807, 2.05) is 56.3 Å². The first kappa shape index (κ1) is 15.3. The molecule has 0 aromatic heterocycles. The number of aryl methyl sites for hydroxylation is 2. The molecule has 1 amide bonds. The molecular formula is C19H19NO3. The highest BCUT2D eigenvalue weighted by molar-refractivity contribution is 6.09. The van der Waals surface area contributed by atoms with Gasteiger partial charge >= 0.3 is 0 Å². The zero-order chi connectivity index (χ0) is 16.4. The average molecular weight is 309 g/mol. The van der Waals surface area contributed by atoms with Crippen LogP contribution in [0.4, 0.5) is 5.69 Å². The molecule has 2 aromatic carbocycles. The molecule has 4 nitrogen and oxygen atoms in total. The van der Waals surface area contributed by atoms with E-state index in [1.54, 1.807) is 4.90 Å². The number of fused-ring (bicyclic) bond motifs is 1. The number of amides is 1. The molecule has 0 saturated heterocycles. The van der Waals surface area contributed by atoms with Crippen LogP contribution in [0.5, 0.6) is 5.75 Å². The molecule has 0 fully saturated rings. The largest absolute Gasteiger partial charge is 0.484 e. The Balaban J connectivity index is 1.74. The zero-order valence-electron chi connectivity index (χ0n) is 13.3. The van der Waals surface area contributed by atoms with Crippen molar-refractivity contribution in [1.82, 2.24) is 0 Å². The van der Waals surface area contributed by atoms with Gasteiger partial charge in [-0.15, -0.1) is 0 Å². The van der Waals surface area contributed by atoms with Crippen molar-refractivity contribution in [2.75, 3.05) is 18.1 Å². The minimum atomic E-state index is -0.136. The summed E-state index contributed by atoms with van der Waals surface area (Å²) < 4.78 is 5.57. The lowest BCUT2D eigenvalue weighted by atomic mass is 9.98. The van der Waals surface area contributed by atoms with Crippen LogP contribution in [0.2, 0.25) is 0 Å². The summed E-state index contributed by atoms with van der Waals surface area (Å²) >= 11 is 0. The van der Waals surface area contributed by atoms with Crippen LogP contribution in [-0.4, -0.2) is 24.8 Å². The Morgan fingerprint density at radius 1 is 1.09 bits per heavy atom. The Morgan fingerprint density at radius 3 is 2.52 bits per heavy atom. The monoisotopic (exact) mass is 309 g/mol. The first-order valence-corrected chi connectivity index (χ1v) is 7.68. The lowest BCUT2D eigenvalue weighted by Gasteiger charge is -2.29. The van der Waals surface area contributed by atoms with Gasteiger partial charge < -0.3 is 9.64 Å². The smallest absolute Gasteiger partial charge is 0.264 e. The maximum absolute atomic E-state index is 12.5. The number of rotatable bonds is 3. The van der Waals surface area contributed by atoms with Gasteiger partial charge in [-0.1, -0.05) is 29.3 Å². The fourth-order valence-corrected chi connectivity index (χ4v) is 2.69. The van der Waals surface area contributed by atoms with E-state index in [9.17, 15) is 9.59 Å². The number of nitrogens with zero attached hydrogens (tertiary/aromatic N) is 1. The van der Waals surface area contributed by atoms with E-state index in [2.05, 4.69) is 0 Å². The lowest BCUT2D eigenvalue weighted by molar-refractivity contribution is -0.120. The molecule has 118 valence electrons. The summed E-state index contributed by atoms with van der Waals surface area (Å²) in [5.41, 5.74) is 3.47. The summed E-state index contributed by atoms with van der Waals surface area (Å²) in [6, 6.07) is 13.2. The van der Waals surface area contributed by atoms with Crippen LogP contribution in [0, 0.1) is 13.8 Å². The topological polar surface area (TPSA) is 46.6 Å². The minimum absolute atomic E-state index is 0.0371. The number of anilines is 1. The number of carbonyl (C=O) groups excluding carboxylic acids is 2. The number of hydrogen-bond acceptors (Lipinski definition) is 3. The average Bonchev–Trinajstić information content (AvgIpc) is 2.55. The van der Waals surface area contributed by atoms with Crippen LogP contribution >= 0.6 is 0 Å². The van der Waals surface area contributed by atoms with Crippen LogP contribution in [0.1, 0.15) is 27.9 Å². The van der Waals surface area contributed by atoms with Crippen molar-refractivity contribution in [3.05, 3.63) is 59.2 Å². The molecule has 1 heterocycles. The third kappa shape index (κ3) is 3.26. The predicted molar refractivity (Wildman–Crippen MR) is 89.2 cm³/mol. The van der Waals surface area contributed by atoms with E-state index in [0.29, 0.717) is 30.0 Å². The van der Waals surface area contributed by atoms with E-state index >= 15 is 0 Å². The molecule has 2 aromatic rings. The zero-order valence-corrected chi connectivity index (χ0v) is 13.3. The second-order valence-electron chi connectivity index (χ2n) is 5.84. The van der Waals surface area contributed by atoms with Crippen molar-refractivity contribution < 1.29 is 14.3 Å². The number of hydrogen-bond donors (Lipinski definition) is 0. The molecule has 0 spiro atoms. The second kappa shape index (κ2) is 6.24. The molecule has 23 heavy (non-hydrogen) atoms. The molecular weight excluding hydrogens is 290 g/mol. The molecule has 0 saturated carbocycles. The Labute approximate surface area is 135 Å². The third-order valence-corrected chi connectivity index (χ3v) is 3.99. The van der Waals surface area contributed by atoms with Crippen molar-refractivity contribution in [2.45, 2.75) is 20.3 Å². The van der Waals surface area contributed by atoms with Gasteiger partial charge in [0.15, 0.2) is 12.4 Å². The van der Waals surface area contributed by atoms with Crippen LogP contribution in [0.15, 0.2) is 42.5 Å². The normalized spacial score (nSPS) is 13.7. The van der Waals surface area contributed by atoms with Crippen molar-refractivity contribution in [3.63, 3.8) is 0 Å². The highest BCUT2D eigenvalue weighted by Gasteiger charge is 2.27. The molecule has 0 unspecified atom stereocenters. The summed E-state index contributed by atoms with van der Waals surface area (Å²) in [6.45, 7) is 4.31. The van der Waals surface area contributed by atoms with E-state index in [4.69, 9.17) is 4.74 Å². The molecule has 0 aliphatic carbocycles. The SMILES string of the molecule is Cc1ccc(OCC(=O)N2CCC(=O)c3cc(C)ccc32)cc1. The van der Waals surface area contributed by atoms with E-state index in [0.717, 1.165) is 11.1 Å². The first-order chi connectivity index (χ1) is 11.0. The molecule has 3 rings (SSSR count). The number of ketones is 1. The minimum Gasteiger partial charge on any atom is -0.484 e. The number of ether oxygens (including phenoxy) is 1. The van der Waals surface area contributed by atoms with E-state index in [-0.39, 0.29) is 18.3 Å². The van der Waals surface area contributed by atoms with Crippen LogP contribution in [0.25, 0.3) is 0 Å². The fourth-order valence-electron chi connectivity index (χ4n) is 2.69. The third-order valence-electron chi connectivity index (χ3n) is 3.99. The van der Waals surface area contributed by atoms with Gasteiger partial charge in [0.25, 0.3) is 5.91 Å². The van der Waals surface area contributed by atoms with Gasteiger partial charge in [-0.2, -0.15) is 0 Å². The highest BCUT2D eigenvalue weighted by atomic mass is 16.5. The first-order valence-electron chi connectivity index (χ1n) is 7.68. The molecule has 1 aliphatic heterocycles. The molecule has 4 heteroatoms. The van der Waals surface area contributed by atoms with Crippen molar-refractivity contribution in [1.29, 1.82) is 0 Å². The number of carbonyl (C=O) groups is 2. The summed E-state index contributed by atoms with van der Waals surface area (Å²) in [5.74, 6) is 0.622. The quantitative estimate of drug-likeness (QED) is 0.874. The number of benzene rings is 2. The molecule has 0 bridgehead atoms. The van der Waals surface area contributed by atoms with Crippen LogP contribution in [0.3, 0.4) is 0 Å². The molecule has 0 radical (unpaired) electrons. The van der Waals surface area contributed by atoms with Crippen molar-refractivity contribution >= 4 is 17.4 Å². The highest BCUT2D eigenvalue weighted by Crippen LogP contribution is 2.28. The van der Waals surface area contributed by atoms with Gasteiger partial charge in [0, 0.05) is 18.5 Å². The van der Waals surface area contributed by atoms with Crippen molar-refractivity contribution in [2.24, 2.45) is 0 Å². The van der Waals surface area contributed by atoms with E-state index in [1.165, 1.54) is 0 Å². The summed E-state index contributed by atoms with van der Waals surface area (Å²) in [5, 5.41) is 0. The lowest BCUT2D eigenvalue weighted by Crippen LogP contribution is -2.40. The van der Waals surface area contributed by atoms with Gasteiger partial charge in [0.2, 0.25) is 0 Å². The van der Waals surface area contributed by atoms with Gasteiger partial charge in [-0.25, -0.2) is 0 Å². The molecule has 0 atom stereocenters. The molecule has 0 N–H and O–H groups in total. The summed E-state index contributed by atoms with van der Waals surface area (Å²) in [4.78, 5) is 26.2. The Hall–Kier alpha value is -2.62. The van der Waals surface area contributed by atoms with Gasteiger partial charge in [-0.3, -0.25) is 9.59 Å². The summed E-state index contributed by atoms with van der Waals surface area (Å²) in [6.07, 6.45) is 0.354. The fraction of sp³-hybridized carbons (Fsp3) is 0.263. The van der Waals surface area contributed by atoms with E-state index < -0.39 is 0 Å². The Kier molecular flexibility index (Phi) is 4.15. The van der Waals surface area contributed by atoms with Crippen molar-refractivity contribution in [3.8, 4) is 5.75 Å². The Morgan fingerprint density at radius 2 is 1.78 bits per heavy atom. The number of Topliss-reactive ketones (excluding diaryl/α,β-unsaturated/α-hetero) is 1. The van der Waals surface area contributed by atoms with Crippen LogP contribution in [-0.2, 0) is 4.79 Å². The maximum atomic E-state index is 12.5.